The molecule has 0 radical (unpaired) electrons. The molecule has 0 saturated carbocycles. The van der Waals surface area contributed by atoms with Gasteiger partial charge in [-0.3, -0.25) is 9.59 Å². The molecule has 1 aliphatic heterocycles. The summed E-state index contributed by atoms with van der Waals surface area (Å²) in [5.41, 5.74) is 0. The Kier molecular flexibility index (Phi) is 2.22. The Balaban J connectivity index is 2.44. The summed E-state index contributed by atoms with van der Waals surface area (Å²) in [5.74, 6) is -0.186. The van der Waals surface area contributed by atoms with Gasteiger partial charge in [0.05, 0.1) is 0 Å². The summed E-state index contributed by atoms with van der Waals surface area (Å²) in [6.07, 6.45) is 1.07. The molecule has 10 heavy (non-hydrogen) atoms. The van der Waals surface area contributed by atoms with Crippen molar-refractivity contribution in [3.05, 3.63) is 0 Å². The summed E-state index contributed by atoms with van der Waals surface area (Å²) in [7, 11) is 2.11. The van der Waals surface area contributed by atoms with Gasteiger partial charge >= 0.3 is 0 Å². The van der Waals surface area contributed by atoms with Crippen LogP contribution in [0, 0.1) is 0 Å². The second-order valence-corrected chi connectivity index (χ2v) is 2.46. The van der Waals surface area contributed by atoms with Crippen molar-refractivity contribution in [3.63, 3.8) is 0 Å². The zero-order valence-corrected chi connectivity index (χ0v) is 6.54. The lowest BCUT2D eigenvalue weighted by Crippen LogP contribution is -2.37. The number of carbonyl (C=O) groups is 2. The Hall–Kier alpha value is -0.630. The second kappa shape index (κ2) is 2.97. The van der Waals surface area contributed by atoms with Crippen molar-refractivity contribution in [2.75, 3.05) is 0 Å². The molecule has 2 amide bonds. The standard InChI is InChI=1S/C5H9N2O2P/c8-4-2-1-3(6-4)5(9)7-10/h3H,1-2,10H2,(H,6,8)(H,7,9). The van der Waals surface area contributed by atoms with E-state index < -0.39 is 0 Å². The number of amides is 2. The molecule has 1 aliphatic rings. The minimum absolute atomic E-state index is 0.0430. The van der Waals surface area contributed by atoms with Crippen molar-refractivity contribution in [1.82, 2.24) is 10.4 Å². The number of rotatable bonds is 1. The van der Waals surface area contributed by atoms with Crippen LogP contribution in [0.25, 0.3) is 0 Å². The van der Waals surface area contributed by atoms with Crippen LogP contribution in [0.5, 0.6) is 0 Å². The maximum Gasteiger partial charge on any atom is 0.245 e. The van der Waals surface area contributed by atoms with E-state index in [9.17, 15) is 9.59 Å². The van der Waals surface area contributed by atoms with E-state index in [1.54, 1.807) is 0 Å². The fraction of sp³-hybridized carbons (Fsp3) is 0.600. The highest BCUT2D eigenvalue weighted by Gasteiger charge is 2.25. The van der Waals surface area contributed by atoms with Crippen molar-refractivity contribution in [3.8, 4) is 0 Å². The monoisotopic (exact) mass is 160 g/mol. The Morgan fingerprint density at radius 2 is 2.50 bits per heavy atom. The van der Waals surface area contributed by atoms with Crippen LogP contribution in [-0.4, -0.2) is 17.9 Å². The van der Waals surface area contributed by atoms with Crippen LogP contribution < -0.4 is 10.4 Å². The first kappa shape index (κ1) is 7.48. The van der Waals surface area contributed by atoms with E-state index in [0.717, 1.165) is 0 Å². The van der Waals surface area contributed by atoms with Gasteiger partial charge < -0.3 is 10.4 Å². The van der Waals surface area contributed by atoms with Gasteiger partial charge in [-0.05, 0) is 15.8 Å². The highest BCUT2D eigenvalue weighted by molar-refractivity contribution is 7.15. The van der Waals surface area contributed by atoms with Crippen LogP contribution >= 0.6 is 9.39 Å². The third-order valence-electron chi connectivity index (χ3n) is 1.45. The number of hydrogen-bond donors (Lipinski definition) is 2. The molecule has 0 aromatic heterocycles. The molecule has 2 unspecified atom stereocenters. The number of nitrogens with one attached hydrogen (secondary N) is 2. The quantitative estimate of drug-likeness (QED) is 0.492. The highest BCUT2D eigenvalue weighted by atomic mass is 31.0. The van der Waals surface area contributed by atoms with Gasteiger partial charge in [-0.2, -0.15) is 0 Å². The zero-order valence-electron chi connectivity index (χ0n) is 5.39. The van der Waals surface area contributed by atoms with E-state index in [0.29, 0.717) is 12.8 Å². The van der Waals surface area contributed by atoms with E-state index >= 15 is 0 Å². The van der Waals surface area contributed by atoms with Gasteiger partial charge in [-0.15, -0.1) is 0 Å². The summed E-state index contributed by atoms with van der Waals surface area (Å²) in [6.45, 7) is 0. The van der Waals surface area contributed by atoms with Crippen molar-refractivity contribution >= 4 is 21.2 Å². The molecule has 1 saturated heterocycles. The van der Waals surface area contributed by atoms with Gasteiger partial charge in [0.15, 0.2) is 0 Å². The van der Waals surface area contributed by atoms with E-state index in [2.05, 4.69) is 19.8 Å². The molecule has 0 aromatic rings. The van der Waals surface area contributed by atoms with Crippen LogP contribution in [0.1, 0.15) is 12.8 Å². The average Bonchev–Trinajstić information content (AvgIpc) is 2.34. The summed E-state index contributed by atoms with van der Waals surface area (Å²) in [4.78, 5) is 21.4. The SMILES string of the molecule is O=C1CCC(C(=O)NP)N1. The Labute approximate surface area is 61.0 Å². The van der Waals surface area contributed by atoms with Crippen LogP contribution in [-0.2, 0) is 9.59 Å². The van der Waals surface area contributed by atoms with Crippen LogP contribution in [0.2, 0.25) is 0 Å². The molecule has 56 valence electrons. The molecule has 0 bridgehead atoms. The van der Waals surface area contributed by atoms with Crippen LogP contribution in [0.3, 0.4) is 0 Å². The molecular formula is C5H9N2O2P. The van der Waals surface area contributed by atoms with Crippen molar-refractivity contribution in [2.24, 2.45) is 0 Å². The Morgan fingerprint density at radius 3 is 2.90 bits per heavy atom. The summed E-state index contributed by atoms with van der Waals surface area (Å²) >= 11 is 0. The zero-order chi connectivity index (χ0) is 7.56. The minimum Gasteiger partial charge on any atom is -0.344 e. The first-order valence-electron chi connectivity index (χ1n) is 3.04. The van der Waals surface area contributed by atoms with Crippen LogP contribution in [0.4, 0.5) is 0 Å². The Bertz CT molecular complexity index is 171. The molecular weight excluding hydrogens is 151 g/mol. The first-order chi connectivity index (χ1) is 4.74. The largest absolute Gasteiger partial charge is 0.344 e. The molecule has 1 rings (SSSR count). The van der Waals surface area contributed by atoms with Gasteiger partial charge in [-0.25, -0.2) is 0 Å². The predicted octanol–water partition coefficient (Wildman–Crippen LogP) is -0.829. The van der Waals surface area contributed by atoms with Gasteiger partial charge in [0.25, 0.3) is 0 Å². The maximum atomic E-state index is 10.8. The normalized spacial score (nSPS) is 24.1. The summed E-state index contributed by atoms with van der Waals surface area (Å²) < 4.78 is 0. The molecule has 1 heterocycles. The summed E-state index contributed by atoms with van der Waals surface area (Å²) in [5, 5.41) is 4.93. The fourth-order valence-electron chi connectivity index (χ4n) is 0.911. The van der Waals surface area contributed by atoms with Crippen molar-refractivity contribution < 1.29 is 9.59 Å². The molecule has 0 spiro atoms. The molecule has 2 atom stereocenters. The lowest BCUT2D eigenvalue weighted by Gasteiger charge is -2.05. The maximum absolute atomic E-state index is 10.8. The number of hydrogen-bond acceptors (Lipinski definition) is 2. The lowest BCUT2D eigenvalue weighted by molar-refractivity contribution is -0.124. The Morgan fingerprint density at radius 1 is 1.80 bits per heavy atom. The van der Waals surface area contributed by atoms with Crippen LogP contribution in [0.15, 0.2) is 0 Å². The smallest absolute Gasteiger partial charge is 0.245 e. The topological polar surface area (TPSA) is 58.2 Å². The lowest BCUT2D eigenvalue weighted by atomic mass is 10.2. The molecule has 2 N–H and O–H groups in total. The average molecular weight is 160 g/mol. The molecule has 5 heteroatoms. The van der Waals surface area contributed by atoms with Gasteiger partial charge in [0.2, 0.25) is 11.8 Å². The first-order valence-corrected chi connectivity index (χ1v) is 3.61. The second-order valence-electron chi connectivity index (χ2n) is 2.17. The third kappa shape index (κ3) is 1.45. The predicted molar refractivity (Wildman–Crippen MR) is 39.0 cm³/mol. The van der Waals surface area contributed by atoms with Crippen molar-refractivity contribution in [1.29, 1.82) is 0 Å². The van der Waals surface area contributed by atoms with E-state index in [1.165, 1.54) is 0 Å². The van der Waals surface area contributed by atoms with E-state index in [1.807, 2.05) is 0 Å². The van der Waals surface area contributed by atoms with E-state index in [4.69, 9.17) is 0 Å². The molecule has 4 nitrogen and oxygen atoms in total. The number of carbonyl (C=O) groups excluding carboxylic acids is 2. The molecule has 1 fully saturated rings. The fourth-order valence-corrected chi connectivity index (χ4v) is 1.11. The minimum atomic E-state index is -0.315. The van der Waals surface area contributed by atoms with Gasteiger partial charge in [-0.1, -0.05) is 0 Å². The molecule has 0 aromatic carbocycles. The van der Waals surface area contributed by atoms with Crippen molar-refractivity contribution in [2.45, 2.75) is 18.9 Å². The highest BCUT2D eigenvalue weighted by Crippen LogP contribution is 2.06. The third-order valence-corrected chi connectivity index (χ3v) is 1.74. The molecule has 0 aliphatic carbocycles. The van der Waals surface area contributed by atoms with Gasteiger partial charge in [0, 0.05) is 6.42 Å². The van der Waals surface area contributed by atoms with E-state index in [-0.39, 0.29) is 17.9 Å². The van der Waals surface area contributed by atoms with Gasteiger partial charge in [0.1, 0.15) is 6.04 Å². The summed E-state index contributed by atoms with van der Waals surface area (Å²) in [6, 6.07) is -0.315.